The summed E-state index contributed by atoms with van der Waals surface area (Å²) >= 11 is 3.55. The lowest BCUT2D eigenvalue weighted by molar-refractivity contribution is 0.338. The van der Waals surface area contributed by atoms with E-state index >= 15 is 0 Å². The van der Waals surface area contributed by atoms with Crippen LogP contribution in [0.2, 0.25) is 0 Å². The van der Waals surface area contributed by atoms with Crippen molar-refractivity contribution in [2.75, 3.05) is 6.61 Å². The second-order valence-electron chi connectivity index (χ2n) is 5.64. The average Bonchev–Trinajstić information content (AvgIpc) is 2.48. The van der Waals surface area contributed by atoms with E-state index in [4.69, 9.17) is 10.5 Å². The number of hydrogen-bond acceptors (Lipinski definition) is 2. The number of benzene rings is 1. The van der Waals surface area contributed by atoms with Gasteiger partial charge >= 0.3 is 0 Å². The van der Waals surface area contributed by atoms with E-state index in [1.807, 2.05) is 13.0 Å². The molecule has 1 aromatic carbocycles. The van der Waals surface area contributed by atoms with Gasteiger partial charge in [0.1, 0.15) is 5.75 Å². The molecular weight excluding hydrogens is 326 g/mol. The molecule has 21 heavy (non-hydrogen) atoms. The average molecular weight is 356 g/mol. The van der Waals surface area contributed by atoms with E-state index in [0.29, 0.717) is 6.61 Å². The van der Waals surface area contributed by atoms with Gasteiger partial charge in [0.15, 0.2) is 0 Å². The Morgan fingerprint density at radius 2 is 1.71 bits per heavy atom. The first kappa shape index (κ1) is 18.5. The first-order valence-corrected chi connectivity index (χ1v) is 9.16. The van der Waals surface area contributed by atoms with Crippen molar-refractivity contribution >= 4 is 15.9 Å². The molecule has 120 valence electrons. The predicted octanol–water partition coefficient (Wildman–Crippen LogP) is 5.99. The van der Waals surface area contributed by atoms with Gasteiger partial charge in [0.25, 0.3) is 0 Å². The molecule has 1 aromatic rings. The normalized spacial score (nSPS) is 12.4. The summed E-state index contributed by atoms with van der Waals surface area (Å²) in [5, 5.41) is 0. The van der Waals surface area contributed by atoms with Crippen molar-refractivity contribution in [2.45, 2.75) is 71.3 Å². The number of rotatable bonds is 11. The molecule has 0 saturated heterocycles. The van der Waals surface area contributed by atoms with Gasteiger partial charge in [-0.15, -0.1) is 0 Å². The molecule has 0 aromatic heterocycles. The molecule has 0 spiro atoms. The summed E-state index contributed by atoms with van der Waals surface area (Å²) in [7, 11) is 0. The van der Waals surface area contributed by atoms with Gasteiger partial charge in [-0.2, -0.15) is 0 Å². The van der Waals surface area contributed by atoms with Crippen molar-refractivity contribution in [3.05, 3.63) is 28.2 Å². The highest BCUT2D eigenvalue weighted by Crippen LogP contribution is 2.29. The molecular formula is C18H30BrNO. The maximum atomic E-state index is 6.29. The topological polar surface area (TPSA) is 35.2 Å². The summed E-state index contributed by atoms with van der Waals surface area (Å²) in [5.74, 6) is 0.893. The van der Waals surface area contributed by atoms with Gasteiger partial charge in [-0.25, -0.2) is 0 Å². The Labute approximate surface area is 138 Å². The summed E-state index contributed by atoms with van der Waals surface area (Å²) < 4.78 is 6.53. The molecule has 0 bridgehead atoms. The van der Waals surface area contributed by atoms with Crippen LogP contribution in [0.25, 0.3) is 0 Å². The van der Waals surface area contributed by atoms with Crippen LogP contribution in [0.15, 0.2) is 22.7 Å². The zero-order valence-corrected chi connectivity index (χ0v) is 15.1. The van der Waals surface area contributed by atoms with Crippen molar-refractivity contribution in [3.63, 3.8) is 0 Å². The van der Waals surface area contributed by atoms with Gasteiger partial charge in [0.05, 0.1) is 11.1 Å². The van der Waals surface area contributed by atoms with Gasteiger partial charge < -0.3 is 10.5 Å². The second kappa shape index (κ2) is 11.1. The summed E-state index contributed by atoms with van der Waals surface area (Å²) in [6.45, 7) is 4.93. The zero-order valence-electron chi connectivity index (χ0n) is 13.5. The maximum Gasteiger partial charge on any atom is 0.133 e. The minimum atomic E-state index is 0.132. The van der Waals surface area contributed by atoms with Crippen LogP contribution in [0.4, 0.5) is 0 Å². The molecule has 0 aliphatic rings. The molecule has 0 heterocycles. The van der Waals surface area contributed by atoms with Crippen molar-refractivity contribution in [1.29, 1.82) is 0 Å². The van der Waals surface area contributed by atoms with Crippen LogP contribution in [0, 0.1) is 0 Å². The van der Waals surface area contributed by atoms with Gasteiger partial charge in [-0.1, -0.05) is 57.9 Å². The Kier molecular flexibility index (Phi) is 9.77. The van der Waals surface area contributed by atoms with Crippen LogP contribution in [0.3, 0.4) is 0 Å². The zero-order chi connectivity index (χ0) is 15.5. The van der Waals surface area contributed by atoms with E-state index in [1.165, 1.54) is 50.5 Å². The van der Waals surface area contributed by atoms with Crippen LogP contribution in [-0.2, 0) is 0 Å². The van der Waals surface area contributed by atoms with Crippen molar-refractivity contribution in [2.24, 2.45) is 5.73 Å². The van der Waals surface area contributed by atoms with E-state index in [-0.39, 0.29) is 6.04 Å². The molecule has 0 fully saturated rings. The Balaban J connectivity index is 2.28. The van der Waals surface area contributed by atoms with Crippen molar-refractivity contribution < 1.29 is 4.74 Å². The van der Waals surface area contributed by atoms with Crippen LogP contribution in [-0.4, -0.2) is 6.61 Å². The molecule has 0 amide bonds. The van der Waals surface area contributed by atoms with Crippen molar-refractivity contribution in [3.8, 4) is 5.75 Å². The largest absolute Gasteiger partial charge is 0.493 e. The van der Waals surface area contributed by atoms with E-state index < -0.39 is 0 Å². The van der Waals surface area contributed by atoms with Crippen molar-refractivity contribution in [1.82, 2.24) is 0 Å². The first-order chi connectivity index (χ1) is 10.2. The second-order valence-corrected chi connectivity index (χ2v) is 6.49. The highest BCUT2D eigenvalue weighted by atomic mass is 79.9. The van der Waals surface area contributed by atoms with E-state index in [9.17, 15) is 0 Å². The lowest BCUT2D eigenvalue weighted by Gasteiger charge is -2.14. The number of ether oxygens (including phenoxy) is 1. The summed E-state index contributed by atoms with van der Waals surface area (Å²) in [4.78, 5) is 0. The summed E-state index contributed by atoms with van der Waals surface area (Å²) in [5.41, 5.74) is 7.48. The summed E-state index contributed by atoms with van der Waals surface area (Å²) in [6, 6.07) is 6.32. The number of unbranched alkanes of at least 4 members (excludes halogenated alkanes) is 6. The highest BCUT2D eigenvalue weighted by molar-refractivity contribution is 9.10. The minimum absolute atomic E-state index is 0.132. The van der Waals surface area contributed by atoms with E-state index in [1.54, 1.807) is 0 Å². The lowest BCUT2D eigenvalue weighted by atomic mass is 10.00. The third-order valence-electron chi connectivity index (χ3n) is 3.80. The Hall–Kier alpha value is -0.540. The third kappa shape index (κ3) is 7.32. The molecule has 2 N–H and O–H groups in total. The monoisotopic (exact) mass is 355 g/mol. The molecule has 0 radical (unpaired) electrons. The van der Waals surface area contributed by atoms with E-state index in [2.05, 4.69) is 35.0 Å². The van der Waals surface area contributed by atoms with Gasteiger partial charge in [0.2, 0.25) is 0 Å². The standard InChI is InChI=1S/C18H30BrNO/c1-3-5-6-7-8-9-10-11-17(20)15-12-13-18(21-4-2)16(19)14-15/h12-14,17H,3-11,20H2,1-2H3. The molecule has 1 atom stereocenters. The smallest absolute Gasteiger partial charge is 0.133 e. The quantitative estimate of drug-likeness (QED) is 0.494. The van der Waals surface area contributed by atoms with Crippen LogP contribution >= 0.6 is 15.9 Å². The van der Waals surface area contributed by atoms with Gasteiger partial charge in [-0.3, -0.25) is 0 Å². The molecule has 0 aliphatic carbocycles. The number of hydrogen-bond donors (Lipinski definition) is 1. The van der Waals surface area contributed by atoms with Gasteiger partial charge in [-0.05, 0) is 47.0 Å². The van der Waals surface area contributed by atoms with Crippen LogP contribution in [0.1, 0.15) is 76.8 Å². The number of nitrogens with two attached hydrogens (primary N) is 1. The highest BCUT2D eigenvalue weighted by Gasteiger charge is 2.09. The Morgan fingerprint density at radius 3 is 2.33 bits per heavy atom. The Morgan fingerprint density at radius 1 is 1.05 bits per heavy atom. The molecule has 0 saturated carbocycles. The number of halogens is 1. The van der Waals surface area contributed by atoms with Gasteiger partial charge in [0, 0.05) is 6.04 Å². The van der Waals surface area contributed by atoms with E-state index in [0.717, 1.165) is 16.6 Å². The lowest BCUT2D eigenvalue weighted by Crippen LogP contribution is -2.10. The fourth-order valence-electron chi connectivity index (χ4n) is 2.51. The van der Waals surface area contributed by atoms with Crippen LogP contribution < -0.4 is 10.5 Å². The fourth-order valence-corrected chi connectivity index (χ4v) is 3.02. The summed E-state index contributed by atoms with van der Waals surface area (Å²) in [6.07, 6.45) is 10.4. The Bertz CT molecular complexity index is 395. The predicted molar refractivity (Wildman–Crippen MR) is 94.8 cm³/mol. The first-order valence-electron chi connectivity index (χ1n) is 8.36. The third-order valence-corrected chi connectivity index (χ3v) is 4.42. The molecule has 1 rings (SSSR count). The molecule has 1 unspecified atom stereocenters. The molecule has 0 aliphatic heterocycles. The fraction of sp³-hybridized carbons (Fsp3) is 0.667. The maximum absolute atomic E-state index is 6.29. The SMILES string of the molecule is CCCCCCCCCC(N)c1ccc(OCC)c(Br)c1. The molecule has 2 nitrogen and oxygen atoms in total. The molecule has 3 heteroatoms. The van der Waals surface area contributed by atoms with Crippen LogP contribution in [0.5, 0.6) is 5.75 Å². The minimum Gasteiger partial charge on any atom is -0.493 e.